The number of nitrogens with zero attached hydrogens (tertiary/aromatic N) is 4. The average Bonchev–Trinajstić information content (AvgIpc) is 3.30. The van der Waals surface area contributed by atoms with Crippen LogP contribution in [0.15, 0.2) is 35.5 Å². The van der Waals surface area contributed by atoms with E-state index in [0.717, 1.165) is 17.0 Å². The minimum atomic E-state index is -0.612. The highest BCUT2D eigenvalue weighted by atomic mass is 32.2. The van der Waals surface area contributed by atoms with Gasteiger partial charge in [0.15, 0.2) is 5.16 Å². The molecule has 0 fully saturated rings. The van der Waals surface area contributed by atoms with E-state index in [0.29, 0.717) is 21.4 Å². The zero-order chi connectivity index (χ0) is 23.4. The molecule has 0 aliphatic rings. The Bertz CT molecular complexity index is 1150. The first-order chi connectivity index (χ1) is 15.2. The summed E-state index contributed by atoms with van der Waals surface area (Å²) in [6, 6.07) is 9.61. The van der Waals surface area contributed by atoms with Crippen molar-refractivity contribution in [2.24, 2.45) is 0 Å². The second kappa shape index (κ2) is 9.96. The minimum Gasteiger partial charge on any atom is -0.465 e. The fourth-order valence-corrected chi connectivity index (χ4v) is 4.99. The largest absolute Gasteiger partial charge is 0.465 e. The second-order valence-corrected chi connectivity index (χ2v) is 8.95. The van der Waals surface area contributed by atoms with Gasteiger partial charge in [-0.2, -0.15) is 0 Å². The second-order valence-electron chi connectivity index (χ2n) is 6.99. The smallest absolute Gasteiger partial charge is 0.341 e. The van der Waals surface area contributed by atoms with Crippen molar-refractivity contribution in [3.05, 3.63) is 52.2 Å². The number of hydrogen-bond donors (Lipinski definition) is 1. The normalized spacial score (nSPS) is 10.7. The van der Waals surface area contributed by atoms with E-state index >= 15 is 0 Å². The van der Waals surface area contributed by atoms with Crippen molar-refractivity contribution in [3.8, 4) is 5.69 Å². The van der Waals surface area contributed by atoms with Gasteiger partial charge in [0, 0.05) is 19.8 Å². The lowest BCUT2D eigenvalue weighted by molar-refractivity contribution is -0.113. The number of rotatable bonds is 7. The van der Waals surface area contributed by atoms with Gasteiger partial charge in [-0.25, -0.2) is 4.79 Å². The summed E-state index contributed by atoms with van der Waals surface area (Å²) in [5, 5.41) is 11.9. The van der Waals surface area contributed by atoms with Gasteiger partial charge in [-0.3, -0.25) is 14.2 Å². The van der Waals surface area contributed by atoms with Crippen LogP contribution < -0.4 is 5.32 Å². The monoisotopic (exact) mass is 473 g/mol. The Morgan fingerprint density at radius 3 is 2.47 bits per heavy atom. The van der Waals surface area contributed by atoms with Crippen molar-refractivity contribution in [2.75, 3.05) is 32.3 Å². The maximum atomic E-state index is 12.7. The molecule has 3 rings (SSSR count). The third kappa shape index (κ3) is 4.83. The Kier molecular flexibility index (Phi) is 7.31. The quantitative estimate of drug-likeness (QED) is 0.415. The van der Waals surface area contributed by atoms with Gasteiger partial charge >= 0.3 is 5.97 Å². The molecule has 0 aliphatic heterocycles. The number of aryl methyl sites for hydroxylation is 1. The van der Waals surface area contributed by atoms with Gasteiger partial charge in [-0.1, -0.05) is 30.0 Å². The van der Waals surface area contributed by atoms with Crippen molar-refractivity contribution in [3.63, 3.8) is 0 Å². The van der Waals surface area contributed by atoms with Crippen LogP contribution in [0.25, 0.3) is 5.69 Å². The summed E-state index contributed by atoms with van der Waals surface area (Å²) >= 11 is 2.28. The number of anilines is 1. The number of ether oxygens (including phenoxy) is 1. The van der Waals surface area contributed by atoms with Gasteiger partial charge in [-0.15, -0.1) is 21.5 Å². The van der Waals surface area contributed by atoms with Gasteiger partial charge in [0.05, 0.1) is 23.3 Å². The summed E-state index contributed by atoms with van der Waals surface area (Å²) in [6.07, 6.45) is 0. The van der Waals surface area contributed by atoms with E-state index in [1.54, 1.807) is 21.0 Å². The number of hydrogen-bond acceptors (Lipinski definition) is 8. The summed E-state index contributed by atoms with van der Waals surface area (Å²) in [5.41, 5.74) is 1.55. The zero-order valence-electron chi connectivity index (χ0n) is 18.3. The van der Waals surface area contributed by atoms with Crippen LogP contribution in [0.3, 0.4) is 0 Å². The Balaban J connectivity index is 1.80. The first kappa shape index (κ1) is 23.5. The Labute approximate surface area is 193 Å². The molecule has 0 saturated heterocycles. The van der Waals surface area contributed by atoms with Crippen LogP contribution in [0.2, 0.25) is 0 Å². The number of nitrogens with one attached hydrogen (secondary N) is 1. The molecule has 32 heavy (non-hydrogen) atoms. The van der Waals surface area contributed by atoms with E-state index in [4.69, 9.17) is 4.74 Å². The minimum absolute atomic E-state index is 0.0412. The molecule has 168 valence electrons. The third-order valence-corrected chi connectivity index (χ3v) is 6.66. The number of amides is 2. The fourth-order valence-electron chi connectivity index (χ4n) is 2.96. The van der Waals surface area contributed by atoms with Crippen molar-refractivity contribution in [1.82, 2.24) is 19.7 Å². The van der Waals surface area contributed by atoms with Crippen molar-refractivity contribution >= 4 is 45.9 Å². The molecule has 1 N–H and O–H groups in total. The molecule has 0 aliphatic carbocycles. The fraction of sp³-hybridized carbons (Fsp3) is 0.286. The summed E-state index contributed by atoms with van der Waals surface area (Å²) in [5.74, 6) is -0.462. The van der Waals surface area contributed by atoms with E-state index in [-0.39, 0.29) is 28.1 Å². The molecule has 0 spiro atoms. The van der Waals surface area contributed by atoms with E-state index in [1.165, 1.54) is 23.8 Å². The van der Waals surface area contributed by atoms with Crippen LogP contribution in [0.4, 0.5) is 5.00 Å². The molecule has 1 aromatic carbocycles. The Morgan fingerprint density at radius 2 is 1.84 bits per heavy atom. The van der Waals surface area contributed by atoms with Crippen LogP contribution in [-0.4, -0.2) is 64.4 Å². The number of thioether (sulfide) groups is 1. The Morgan fingerprint density at radius 1 is 1.16 bits per heavy atom. The number of aromatic nitrogens is 3. The van der Waals surface area contributed by atoms with Crippen LogP contribution >= 0.6 is 23.1 Å². The van der Waals surface area contributed by atoms with E-state index < -0.39 is 5.97 Å². The van der Waals surface area contributed by atoms with Crippen LogP contribution in [-0.2, 0) is 9.53 Å². The van der Waals surface area contributed by atoms with Crippen LogP contribution in [0.5, 0.6) is 0 Å². The third-order valence-electron chi connectivity index (χ3n) is 4.53. The molecule has 3 aromatic rings. The molecule has 11 heteroatoms. The predicted molar refractivity (Wildman–Crippen MR) is 124 cm³/mol. The molecular weight excluding hydrogens is 450 g/mol. The molecule has 0 bridgehead atoms. The summed E-state index contributed by atoms with van der Waals surface area (Å²) in [4.78, 5) is 39.3. The van der Waals surface area contributed by atoms with Crippen molar-refractivity contribution in [2.45, 2.75) is 19.0 Å². The molecule has 9 nitrogen and oxygen atoms in total. The number of para-hydroxylation sites is 1. The first-order valence-corrected chi connectivity index (χ1v) is 11.4. The van der Waals surface area contributed by atoms with Gasteiger partial charge in [0.1, 0.15) is 10.8 Å². The van der Waals surface area contributed by atoms with Crippen molar-refractivity contribution in [1.29, 1.82) is 0 Å². The first-order valence-electron chi connectivity index (χ1n) is 9.58. The highest BCUT2D eigenvalue weighted by Gasteiger charge is 2.27. The standard InChI is InChI=1S/C21H23N5O4S2/c1-12-16(20(29)30-5)18(32-17(12)19(28)25(3)4)22-15(27)11-31-21-24-23-13(2)26(21)14-9-7-6-8-10-14/h6-10H,11H2,1-5H3,(H,22,27). The van der Waals surface area contributed by atoms with Gasteiger partial charge in [0.25, 0.3) is 5.91 Å². The molecule has 0 atom stereocenters. The Hall–Kier alpha value is -3.18. The van der Waals surface area contributed by atoms with E-state index in [1.807, 2.05) is 41.8 Å². The molecule has 0 unspecified atom stereocenters. The number of benzene rings is 1. The molecule has 2 aromatic heterocycles. The number of methoxy groups -OCH3 is 1. The lowest BCUT2D eigenvalue weighted by Gasteiger charge is -2.08. The number of esters is 1. The van der Waals surface area contributed by atoms with E-state index in [9.17, 15) is 14.4 Å². The van der Waals surface area contributed by atoms with Gasteiger partial charge in [-0.05, 0) is 31.5 Å². The average molecular weight is 474 g/mol. The van der Waals surface area contributed by atoms with Crippen LogP contribution in [0.1, 0.15) is 31.4 Å². The molecule has 0 saturated carbocycles. The maximum absolute atomic E-state index is 12.7. The summed E-state index contributed by atoms with van der Waals surface area (Å²) < 4.78 is 6.72. The summed E-state index contributed by atoms with van der Waals surface area (Å²) in [6.45, 7) is 3.50. The zero-order valence-corrected chi connectivity index (χ0v) is 20.0. The molecule has 2 amide bonds. The van der Waals surface area contributed by atoms with Crippen molar-refractivity contribution < 1.29 is 19.1 Å². The topological polar surface area (TPSA) is 106 Å². The maximum Gasteiger partial charge on any atom is 0.341 e. The van der Waals surface area contributed by atoms with Crippen LogP contribution in [0, 0.1) is 13.8 Å². The highest BCUT2D eigenvalue weighted by molar-refractivity contribution is 7.99. The number of thiophene rings is 1. The van der Waals surface area contributed by atoms with E-state index in [2.05, 4.69) is 15.5 Å². The number of carbonyl (C=O) groups excluding carboxylic acids is 3. The van der Waals surface area contributed by atoms with Gasteiger partial charge < -0.3 is 15.0 Å². The predicted octanol–water partition coefficient (Wildman–Crippen LogP) is 3.16. The highest BCUT2D eigenvalue weighted by Crippen LogP contribution is 2.34. The molecular formula is C21H23N5O4S2. The summed E-state index contributed by atoms with van der Waals surface area (Å²) in [7, 11) is 4.51. The lowest BCUT2D eigenvalue weighted by Crippen LogP contribution is -2.21. The SMILES string of the molecule is COC(=O)c1c(NC(=O)CSc2nnc(C)n2-c2ccccc2)sc(C(=O)N(C)C)c1C. The molecule has 2 heterocycles. The molecule has 0 radical (unpaired) electrons. The number of carbonyl (C=O) groups is 3. The van der Waals surface area contributed by atoms with Gasteiger partial charge in [0.2, 0.25) is 5.91 Å². The lowest BCUT2D eigenvalue weighted by atomic mass is 10.1.